The monoisotopic (exact) mass is 388 g/mol. The molecule has 0 aliphatic heterocycles. The summed E-state index contributed by atoms with van der Waals surface area (Å²) in [6.45, 7) is 22.8. The van der Waals surface area contributed by atoms with Crippen molar-refractivity contribution >= 4 is 0 Å². The normalized spacial score (nSPS) is 8.41. The molecule has 1 atom stereocenters. The van der Waals surface area contributed by atoms with Gasteiger partial charge in [0.25, 0.3) is 0 Å². The van der Waals surface area contributed by atoms with Crippen LogP contribution in [0.3, 0.4) is 0 Å². The largest absolute Gasteiger partial charge is 0.358 e. The van der Waals surface area contributed by atoms with Crippen molar-refractivity contribution in [3.8, 4) is 0 Å². The van der Waals surface area contributed by atoms with Gasteiger partial charge in [0, 0.05) is 50.8 Å². The standard InChI is InChI=1S/C11H18N.4C2H6.CH3.Y/c1-9(2)10(3)11-7-5-6-8-12(11)4;4*1-2;;/h5-10H,1-4H3;4*1-2H3;1H3;/q+1;;;;;-1;/t10-;;;;;;/m1....../s1. The Morgan fingerprint density at radius 3 is 1.41 bits per heavy atom. The molecule has 1 rings (SSSR count). The number of hydrogen-bond donors (Lipinski definition) is 0. The molecule has 22 heavy (non-hydrogen) atoms. The summed E-state index contributed by atoms with van der Waals surface area (Å²) in [6, 6.07) is 6.37. The SMILES string of the molecule is CC.CC.CC.CC.CC(C)[C@@H](C)c1cccc[n+]1C.[CH3-].[Y]. The van der Waals surface area contributed by atoms with Crippen LogP contribution in [0.5, 0.6) is 0 Å². The predicted molar refractivity (Wildman–Crippen MR) is 103 cm³/mol. The van der Waals surface area contributed by atoms with E-state index in [-0.39, 0.29) is 40.1 Å². The number of pyridine rings is 1. The topological polar surface area (TPSA) is 3.88 Å². The summed E-state index contributed by atoms with van der Waals surface area (Å²) < 4.78 is 2.20. The van der Waals surface area contributed by atoms with E-state index in [1.54, 1.807) is 0 Å². The minimum absolute atomic E-state index is 0. The van der Waals surface area contributed by atoms with Crippen LogP contribution in [0.15, 0.2) is 24.4 Å². The van der Waals surface area contributed by atoms with Gasteiger partial charge in [-0.1, -0.05) is 82.2 Å². The number of aryl methyl sites for hydroxylation is 1. The summed E-state index contributed by atoms with van der Waals surface area (Å²) >= 11 is 0. The van der Waals surface area contributed by atoms with E-state index in [1.165, 1.54) is 5.69 Å². The number of nitrogens with zero attached hydrogens (tertiary/aromatic N) is 1. The second-order valence-electron chi connectivity index (χ2n) is 3.77. The molecule has 1 nitrogen and oxygen atoms in total. The average Bonchev–Trinajstić information content (AvgIpc) is 2.55. The van der Waals surface area contributed by atoms with Gasteiger partial charge in [0.2, 0.25) is 0 Å². The van der Waals surface area contributed by atoms with Gasteiger partial charge < -0.3 is 7.43 Å². The number of hydrogen-bond acceptors (Lipinski definition) is 0. The smallest absolute Gasteiger partial charge is 0.184 e. The molecule has 1 radical (unpaired) electrons. The van der Waals surface area contributed by atoms with Crippen LogP contribution in [0.1, 0.15) is 87.8 Å². The fourth-order valence-corrected chi connectivity index (χ4v) is 1.35. The summed E-state index contributed by atoms with van der Waals surface area (Å²) in [7, 11) is 2.11. The van der Waals surface area contributed by atoms with Crippen molar-refractivity contribution in [2.45, 2.75) is 82.1 Å². The molecule has 0 aliphatic rings. The molecular formula is C20H45NY. The maximum absolute atomic E-state index is 2.28. The molecule has 0 N–H and O–H groups in total. The first kappa shape index (κ1) is 38.1. The second-order valence-corrected chi connectivity index (χ2v) is 3.77. The van der Waals surface area contributed by atoms with Crippen molar-refractivity contribution in [3.05, 3.63) is 37.5 Å². The molecule has 1 aromatic heterocycles. The molecule has 0 aliphatic carbocycles. The van der Waals surface area contributed by atoms with Gasteiger partial charge >= 0.3 is 0 Å². The van der Waals surface area contributed by atoms with Crippen LogP contribution >= 0.6 is 0 Å². The van der Waals surface area contributed by atoms with E-state index in [1.807, 2.05) is 55.4 Å². The molecule has 2 heteroatoms. The third-order valence-corrected chi connectivity index (χ3v) is 2.56. The molecular weight excluding hydrogens is 343 g/mol. The molecule has 0 saturated heterocycles. The van der Waals surface area contributed by atoms with Crippen molar-refractivity contribution < 1.29 is 37.3 Å². The van der Waals surface area contributed by atoms with E-state index >= 15 is 0 Å². The molecule has 0 unspecified atom stereocenters. The Morgan fingerprint density at radius 1 is 0.773 bits per heavy atom. The average molecular weight is 388 g/mol. The molecule has 0 aromatic carbocycles. The molecule has 0 bridgehead atoms. The van der Waals surface area contributed by atoms with Crippen molar-refractivity contribution in [2.24, 2.45) is 13.0 Å². The number of rotatable bonds is 2. The molecule has 133 valence electrons. The van der Waals surface area contributed by atoms with Crippen LogP contribution in [0, 0.1) is 13.3 Å². The van der Waals surface area contributed by atoms with E-state index in [0.29, 0.717) is 11.8 Å². The molecule has 0 fully saturated rings. The van der Waals surface area contributed by atoms with E-state index in [2.05, 4.69) is 56.8 Å². The Kier molecular flexibility index (Phi) is 57.1. The van der Waals surface area contributed by atoms with Gasteiger partial charge in [-0.05, 0) is 5.92 Å². The zero-order valence-corrected chi connectivity index (χ0v) is 20.8. The first-order valence-electron chi connectivity index (χ1n) is 8.57. The Bertz CT molecular complexity index is 260. The fourth-order valence-electron chi connectivity index (χ4n) is 1.35. The van der Waals surface area contributed by atoms with Gasteiger partial charge in [-0.15, -0.1) is 0 Å². The summed E-state index contributed by atoms with van der Waals surface area (Å²) in [5, 5.41) is 0. The molecule has 0 saturated carbocycles. The third-order valence-electron chi connectivity index (χ3n) is 2.56. The maximum Gasteiger partial charge on any atom is 0.184 e. The zero-order valence-electron chi connectivity index (χ0n) is 18.0. The molecule has 1 aromatic rings. The van der Waals surface area contributed by atoms with Crippen molar-refractivity contribution in [3.63, 3.8) is 0 Å². The van der Waals surface area contributed by atoms with Crippen LogP contribution < -0.4 is 4.57 Å². The summed E-state index contributed by atoms with van der Waals surface area (Å²) in [6.07, 6.45) is 2.11. The fraction of sp³-hybridized carbons (Fsp3) is 0.700. The van der Waals surface area contributed by atoms with E-state index in [0.717, 1.165) is 0 Å². The summed E-state index contributed by atoms with van der Waals surface area (Å²) in [4.78, 5) is 0. The maximum atomic E-state index is 2.28. The zero-order chi connectivity index (χ0) is 17.1. The molecule has 1 heterocycles. The summed E-state index contributed by atoms with van der Waals surface area (Å²) in [5.41, 5.74) is 1.41. The van der Waals surface area contributed by atoms with Crippen molar-refractivity contribution in [1.29, 1.82) is 0 Å². The van der Waals surface area contributed by atoms with Crippen LogP contribution in [0.4, 0.5) is 0 Å². The van der Waals surface area contributed by atoms with Crippen LogP contribution in [0.2, 0.25) is 0 Å². The van der Waals surface area contributed by atoms with Crippen LogP contribution in [0.25, 0.3) is 0 Å². The van der Waals surface area contributed by atoms with Crippen molar-refractivity contribution in [1.82, 2.24) is 0 Å². The quantitative estimate of drug-likeness (QED) is 0.386. The third kappa shape index (κ3) is 20.3. The Labute approximate surface area is 169 Å². The Morgan fingerprint density at radius 2 is 1.14 bits per heavy atom. The van der Waals surface area contributed by atoms with Crippen LogP contribution in [-0.4, -0.2) is 0 Å². The first-order chi connectivity index (χ1) is 9.63. The first-order valence-corrected chi connectivity index (χ1v) is 8.57. The molecule has 0 spiro atoms. The van der Waals surface area contributed by atoms with Crippen molar-refractivity contribution in [2.75, 3.05) is 0 Å². The summed E-state index contributed by atoms with van der Waals surface area (Å²) in [5.74, 6) is 1.34. The van der Waals surface area contributed by atoms with E-state index in [9.17, 15) is 0 Å². The Balaban J connectivity index is -0.0000000560. The Hall–Kier alpha value is 0.254. The van der Waals surface area contributed by atoms with Gasteiger partial charge in [0.1, 0.15) is 7.05 Å². The van der Waals surface area contributed by atoms with Gasteiger partial charge in [-0.2, -0.15) is 0 Å². The van der Waals surface area contributed by atoms with Gasteiger partial charge in [-0.3, -0.25) is 0 Å². The van der Waals surface area contributed by atoms with Gasteiger partial charge in [0.05, 0.1) is 0 Å². The minimum Gasteiger partial charge on any atom is -0.358 e. The van der Waals surface area contributed by atoms with E-state index < -0.39 is 0 Å². The molecule has 0 amide bonds. The van der Waals surface area contributed by atoms with Crippen LogP contribution in [-0.2, 0) is 39.8 Å². The van der Waals surface area contributed by atoms with Gasteiger partial charge in [-0.25, -0.2) is 4.57 Å². The van der Waals surface area contributed by atoms with E-state index in [4.69, 9.17) is 0 Å². The predicted octanol–water partition coefficient (Wildman–Crippen LogP) is 6.82. The minimum atomic E-state index is 0. The number of aromatic nitrogens is 1. The second kappa shape index (κ2) is 33.0. The van der Waals surface area contributed by atoms with Gasteiger partial charge in [0.15, 0.2) is 11.9 Å².